The second-order valence-electron chi connectivity index (χ2n) is 10.4. The predicted octanol–water partition coefficient (Wildman–Crippen LogP) is 1.54. The SMILES string of the molecule is C[C@]12CC[C@H](O)C[C@H]1CC[C@@H]1[C@@H]2[C@@H](O)C[C@@]2(C)[C@H]1CC[C@]2(O)[C@@H](O)C(=O)O. The molecule has 0 spiro atoms. The number of rotatable bonds is 2. The molecular weight excluding hydrogens is 348 g/mol. The van der Waals surface area contributed by atoms with Crippen molar-refractivity contribution in [1.29, 1.82) is 0 Å². The summed E-state index contributed by atoms with van der Waals surface area (Å²) in [6, 6.07) is 0. The summed E-state index contributed by atoms with van der Waals surface area (Å²) < 4.78 is 0. The third-order valence-electron chi connectivity index (χ3n) is 9.47. The van der Waals surface area contributed by atoms with Gasteiger partial charge in [-0.1, -0.05) is 13.8 Å². The van der Waals surface area contributed by atoms with Crippen molar-refractivity contribution in [2.24, 2.45) is 34.5 Å². The fourth-order valence-electron chi connectivity index (χ4n) is 8.05. The van der Waals surface area contributed by atoms with Gasteiger partial charge in [0.2, 0.25) is 0 Å². The highest BCUT2D eigenvalue weighted by Gasteiger charge is 2.69. The lowest BCUT2D eigenvalue weighted by Crippen LogP contribution is -2.64. The maximum absolute atomic E-state index is 11.4. The average molecular weight is 382 g/mol. The first-order chi connectivity index (χ1) is 12.5. The normalized spacial score (nSPS) is 55.9. The molecule has 27 heavy (non-hydrogen) atoms. The summed E-state index contributed by atoms with van der Waals surface area (Å²) in [6.45, 7) is 4.13. The number of aliphatic hydroxyl groups excluding tert-OH is 3. The summed E-state index contributed by atoms with van der Waals surface area (Å²) >= 11 is 0. The van der Waals surface area contributed by atoms with E-state index in [-0.39, 0.29) is 35.7 Å². The molecule has 6 heteroatoms. The van der Waals surface area contributed by atoms with E-state index in [1.165, 1.54) is 0 Å². The molecule has 0 bridgehead atoms. The molecule has 10 atom stereocenters. The van der Waals surface area contributed by atoms with Crippen molar-refractivity contribution in [1.82, 2.24) is 0 Å². The Bertz CT molecular complexity index is 624. The van der Waals surface area contributed by atoms with Crippen LogP contribution in [0.3, 0.4) is 0 Å². The lowest BCUT2D eigenvalue weighted by Gasteiger charge is -2.63. The minimum Gasteiger partial charge on any atom is -0.479 e. The van der Waals surface area contributed by atoms with Crippen LogP contribution in [-0.4, -0.2) is 55.4 Å². The number of aliphatic carboxylic acids is 1. The van der Waals surface area contributed by atoms with Crippen molar-refractivity contribution in [2.75, 3.05) is 0 Å². The van der Waals surface area contributed by atoms with Crippen LogP contribution in [0.5, 0.6) is 0 Å². The lowest BCUT2D eigenvalue weighted by atomic mass is 9.43. The van der Waals surface area contributed by atoms with Gasteiger partial charge in [-0.15, -0.1) is 0 Å². The van der Waals surface area contributed by atoms with Crippen LogP contribution in [0.1, 0.15) is 65.2 Å². The van der Waals surface area contributed by atoms with Crippen LogP contribution in [0.4, 0.5) is 0 Å². The van der Waals surface area contributed by atoms with Crippen LogP contribution in [0.25, 0.3) is 0 Å². The molecular formula is C21H34O6. The highest BCUT2D eigenvalue weighted by molar-refractivity contribution is 5.74. The molecule has 4 saturated carbocycles. The molecule has 0 amide bonds. The van der Waals surface area contributed by atoms with Crippen LogP contribution in [0.2, 0.25) is 0 Å². The summed E-state index contributed by atoms with van der Waals surface area (Å²) in [4.78, 5) is 11.4. The zero-order valence-electron chi connectivity index (χ0n) is 16.3. The average Bonchev–Trinajstić information content (AvgIpc) is 2.86. The van der Waals surface area contributed by atoms with Crippen LogP contribution >= 0.6 is 0 Å². The molecule has 0 aromatic carbocycles. The zero-order valence-corrected chi connectivity index (χ0v) is 16.3. The predicted molar refractivity (Wildman–Crippen MR) is 97.7 cm³/mol. The Morgan fingerprint density at radius 1 is 1.07 bits per heavy atom. The Morgan fingerprint density at radius 3 is 2.44 bits per heavy atom. The Labute approximate surface area is 160 Å². The van der Waals surface area contributed by atoms with Crippen LogP contribution < -0.4 is 0 Å². The van der Waals surface area contributed by atoms with Gasteiger partial charge in [-0.3, -0.25) is 0 Å². The first-order valence-electron chi connectivity index (χ1n) is 10.5. The first-order valence-corrected chi connectivity index (χ1v) is 10.5. The second kappa shape index (κ2) is 6.15. The van der Waals surface area contributed by atoms with Gasteiger partial charge in [-0.05, 0) is 80.5 Å². The highest BCUT2D eigenvalue weighted by Crippen LogP contribution is 2.68. The topological polar surface area (TPSA) is 118 Å². The molecule has 0 aromatic rings. The van der Waals surface area contributed by atoms with Gasteiger partial charge in [-0.2, -0.15) is 0 Å². The van der Waals surface area contributed by atoms with E-state index in [1.54, 1.807) is 0 Å². The Morgan fingerprint density at radius 2 is 1.78 bits per heavy atom. The number of aliphatic hydroxyl groups is 4. The minimum absolute atomic E-state index is 0.0188. The molecule has 6 nitrogen and oxygen atoms in total. The molecule has 0 aliphatic heterocycles. The number of carboxylic acids is 1. The van der Waals surface area contributed by atoms with E-state index in [4.69, 9.17) is 0 Å². The van der Waals surface area contributed by atoms with Crippen molar-refractivity contribution in [2.45, 2.75) is 89.1 Å². The number of carbonyl (C=O) groups is 1. The molecule has 0 radical (unpaired) electrons. The third kappa shape index (κ3) is 2.49. The highest BCUT2D eigenvalue weighted by atomic mass is 16.4. The molecule has 0 saturated heterocycles. The van der Waals surface area contributed by atoms with E-state index in [0.29, 0.717) is 18.8 Å². The summed E-state index contributed by atoms with van der Waals surface area (Å²) in [5.74, 6) is -0.537. The number of hydrogen-bond donors (Lipinski definition) is 5. The monoisotopic (exact) mass is 382 g/mol. The Hall–Kier alpha value is -0.690. The third-order valence-corrected chi connectivity index (χ3v) is 9.47. The van der Waals surface area contributed by atoms with Gasteiger partial charge in [0.25, 0.3) is 0 Å². The van der Waals surface area contributed by atoms with Crippen molar-refractivity contribution >= 4 is 5.97 Å². The van der Waals surface area contributed by atoms with Crippen molar-refractivity contribution in [3.05, 3.63) is 0 Å². The zero-order chi connectivity index (χ0) is 19.8. The van der Waals surface area contributed by atoms with Crippen LogP contribution in [0.15, 0.2) is 0 Å². The summed E-state index contributed by atoms with van der Waals surface area (Å²) in [7, 11) is 0. The summed E-state index contributed by atoms with van der Waals surface area (Å²) in [5.41, 5.74) is -2.52. The molecule has 0 heterocycles. The number of carboxylic acid groups (broad SMARTS) is 1. The van der Waals surface area contributed by atoms with Gasteiger partial charge in [0.1, 0.15) is 5.60 Å². The molecule has 4 aliphatic rings. The van der Waals surface area contributed by atoms with E-state index in [1.807, 2.05) is 6.92 Å². The van der Waals surface area contributed by atoms with Crippen LogP contribution in [0, 0.1) is 34.5 Å². The van der Waals surface area contributed by atoms with E-state index in [0.717, 1.165) is 32.1 Å². The van der Waals surface area contributed by atoms with Gasteiger partial charge < -0.3 is 25.5 Å². The first kappa shape index (κ1) is 19.6. The molecule has 0 unspecified atom stereocenters. The van der Waals surface area contributed by atoms with E-state index >= 15 is 0 Å². The molecule has 5 N–H and O–H groups in total. The summed E-state index contributed by atoms with van der Waals surface area (Å²) in [5, 5.41) is 52.2. The Balaban J connectivity index is 1.68. The Kier molecular flexibility index (Phi) is 4.47. The number of fused-ring (bicyclic) bond motifs is 5. The van der Waals surface area contributed by atoms with E-state index in [2.05, 4.69) is 6.92 Å². The number of hydrogen-bond acceptors (Lipinski definition) is 5. The van der Waals surface area contributed by atoms with Gasteiger partial charge in [-0.25, -0.2) is 4.79 Å². The second-order valence-corrected chi connectivity index (χ2v) is 10.4. The smallest absolute Gasteiger partial charge is 0.335 e. The molecule has 4 rings (SSSR count). The fourth-order valence-corrected chi connectivity index (χ4v) is 8.05. The van der Waals surface area contributed by atoms with Crippen LogP contribution in [-0.2, 0) is 4.79 Å². The van der Waals surface area contributed by atoms with Gasteiger partial charge >= 0.3 is 5.97 Å². The van der Waals surface area contributed by atoms with Gasteiger partial charge in [0, 0.05) is 5.41 Å². The quantitative estimate of drug-likeness (QED) is 0.494. The maximum Gasteiger partial charge on any atom is 0.335 e. The fraction of sp³-hybridized carbons (Fsp3) is 0.952. The van der Waals surface area contributed by atoms with Crippen molar-refractivity contribution in [3.63, 3.8) is 0 Å². The van der Waals surface area contributed by atoms with E-state index in [9.17, 15) is 30.3 Å². The molecule has 154 valence electrons. The molecule has 4 fully saturated rings. The lowest BCUT2D eigenvalue weighted by molar-refractivity contribution is -0.223. The molecule has 0 aromatic heterocycles. The van der Waals surface area contributed by atoms with Crippen molar-refractivity contribution < 1.29 is 30.3 Å². The summed E-state index contributed by atoms with van der Waals surface area (Å²) in [6.07, 6.45) is 3.01. The maximum atomic E-state index is 11.4. The van der Waals surface area contributed by atoms with Gasteiger partial charge in [0.15, 0.2) is 6.10 Å². The van der Waals surface area contributed by atoms with Gasteiger partial charge in [0.05, 0.1) is 12.2 Å². The molecule has 4 aliphatic carbocycles. The standard InChI is InChI=1S/C21H34O6/c1-19-7-5-12(22)9-11(19)3-4-13-14-6-8-21(27,17(24)18(25)26)20(14,2)10-15(23)16(13)19/h11-17,22-24,27H,3-10H2,1-2H3,(H,25,26)/t11-,12+,13+,14+,15+,16-,17+,19+,20+,21+/m1/s1. The largest absolute Gasteiger partial charge is 0.479 e. The van der Waals surface area contributed by atoms with E-state index < -0.39 is 29.2 Å². The van der Waals surface area contributed by atoms with Crippen molar-refractivity contribution in [3.8, 4) is 0 Å². The minimum atomic E-state index is -1.83.